The maximum Gasteiger partial charge on any atom is 0.326 e. The van der Waals surface area contributed by atoms with Gasteiger partial charge in [0.1, 0.15) is 5.54 Å². The van der Waals surface area contributed by atoms with Crippen molar-refractivity contribution >= 4 is 5.97 Å². The van der Waals surface area contributed by atoms with Gasteiger partial charge in [-0.05, 0) is 58.0 Å². The van der Waals surface area contributed by atoms with Crippen molar-refractivity contribution in [3.05, 3.63) is 0 Å². The van der Waals surface area contributed by atoms with Gasteiger partial charge in [-0.3, -0.25) is 4.79 Å². The van der Waals surface area contributed by atoms with Crippen LogP contribution >= 0.6 is 0 Å². The molecule has 0 spiro atoms. The molecule has 21 heavy (non-hydrogen) atoms. The molecule has 2 atom stereocenters. The molecule has 4 nitrogen and oxygen atoms in total. The molecule has 2 unspecified atom stereocenters. The van der Waals surface area contributed by atoms with Gasteiger partial charge >= 0.3 is 5.97 Å². The normalized spacial score (nSPS) is 30.2. The van der Waals surface area contributed by atoms with Crippen molar-refractivity contribution in [3.63, 3.8) is 0 Å². The number of rotatable bonds is 7. The third kappa shape index (κ3) is 3.98. The summed E-state index contributed by atoms with van der Waals surface area (Å²) in [6.45, 7) is 4.21. The van der Waals surface area contributed by atoms with E-state index in [9.17, 15) is 4.79 Å². The average molecular weight is 296 g/mol. The Morgan fingerprint density at radius 1 is 1.33 bits per heavy atom. The van der Waals surface area contributed by atoms with Crippen LogP contribution in [0, 0.1) is 5.92 Å². The minimum Gasteiger partial charge on any atom is -0.468 e. The van der Waals surface area contributed by atoms with E-state index in [0.29, 0.717) is 6.04 Å². The molecule has 0 aliphatic heterocycles. The molecular formula is C17H32N2O2. The lowest BCUT2D eigenvalue weighted by Crippen LogP contribution is -2.52. The van der Waals surface area contributed by atoms with Gasteiger partial charge < -0.3 is 15.0 Å². The highest BCUT2D eigenvalue weighted by Crippen LogP contribution is 2.35. The fourth-order valence-corrected chi connectivity index (χ4v) is 4.12. The van der Waals surface area contributed by atoms with Gasteiger partial charge in [-0.15, -0.1) is 0 Å². The molecule has 2 fully saturated rings. The number of carbonyl (C=O) groups excluding carboxylic acids is 1. The fourth-order valence-electron chi connectivity index (χ4n) is 4.12. The number of methoxy groups -OCH3 is 1. The molecule has 2 aliphatic rings. The van der Waals surface area contributed by atoms with Gasteiger partial charge in [-0.1, -0.05) is 19.8 Å². The summed E-state index contributed by atoms with van der Waals surface area (Å²) in [4.78, 5) is 14.7. The first kappa shape index (κ1) is 16.8. The number of nitrogens with one attached hydrogen (secondary N) is 1. The summed E-state index contributed by atoms with van der Waals surface area (Å²) < 4.78 is 5.08. The fraction of sp³-hybridized carbons (Fsp3) is 0.941. The first-order valence-corrected chi connectivity index (χ1v) is 8.65. The molecule has 1 N–H and O–H groups in total. The smallest absolute Gasteiger partial charge is 0.326 e. The van der Waals surface area contributed by atoms with E-state index in [0.717, 1.165) is 38.1 Å². The first-order chi connectivity index (χ1) is 10.1. The van der Waals surface area contributed by atoms with Crippen molar-refractivity contribution in [2.24, 2.45) is 5.92 Å². The molecule has 0 aromatic carbocycles. The topological polar surface area (TPSA) is 41.6 Å². The molecule has 0 aromatic rings. The van der Waals surface area contributed by atoms with Crippen molar-refractivity contribution < 1.29 is 9.53 Å². The van der Waals surface area contributed by atoms with Crippen LogP contribution in [0.5, 0.6) is 0 Å². The van der Waals surface area contributed by atoms with E-state index in [1.165, 1.54) is 39.3 Å². The van der Waals surface area contributed by atoms with Crippen LogP contribution in [0.25, 0.3) is 0 Å². The number of nitrogens with zero attached hydrogens (tertiary/aromatic N) is 1. The third-order valence-corrected chi connectivity index (χ3v) is 5.42. The molecule has 0 bridgehead atoms. The quantitative estimate of drug-likeness (QED) is 0.733. The van der Waals surface area contributed by atoms with Gasteiger partial charge in [0.2, 0.25) is 0 Å². The Bertz CT molecular complexity index is 342. The predicted octanol–water partition coefficient (Wildman–Crippen LogP) is 2.57. The number of ether oxygens (including phenoxy) is 1. The maximum atomic E-state index is 12.3. The van der Waals surface area contributed by atoms with Crippen LogP contribution in [0.15, 0.2) is 0 Å². The number of hydrogen-bond acceptors (Lipinski definition) is 4. The zero-order valence-corrected chi connectivity index (χ0v) is 14.0. The molecule has 0 aromatic heterocycles. The van der Waals surface area contributed by atoms with Crippen molar-refractivity contribution in [3.8, 4) is 0 Å². The van der Waals surface area contributed by atoms with E-state index in [-0.39, 0.29) is 5.97 Å². The second-order valence-corrected chi connectivity index (χ2v) is 6.99. The summed E-state index contributed by atoms with van der Waals surface area (Å²) in [5.41, 5.74) is -0.445. The van der Waals surface area contributed by atoms with E-state index >= 15 is 0 Å². The van der Waals surface area contributed by atoms with E-state index in [4.69, 9.17) is 4.74 Å². The Kier molecular flexibility index (Phi) is 6.06. The van der Waals surface area contributed by atoms with Crippen molar-refractivity contribution in [2.75, 3.05) is 27.2 Å². The van der Waals surface area contributed by atoms with Gasteiger partial charge in [0.05, 0.1) is 7.11 Å². The molecule has 122 valence electrons. The van der Waals surface area contributed by atoms with Gasteiger partial charge in [0.25, 0.3) is 0 Å². The largest absolute Gasteiger partial charge is 0.468 e. The number of hydrogen-bond donors (Lipinski definition) is 1. The zero-order chi connectivity index (χ0) is 15.3. The highest BCUT2D eigenvalue weighted by molar-refractivity contribution is 5.81. The molecule has 4 heteroatoms. The lowest BCUT2D eigenvalue weighted by molar-refractivity contribution is -0.148. The predicted molar refractivity (Wildman–Crippen MR) is 85.3 cm³/mol. The van der Waals surface area contributed by atoms with E-state index in [2.05, 4.69) is 24.2 Å². The Morgan fingerprint density at radius 3 is 2.67 bits per heavy atom. The Hall–Kier alpha value is -0.610. The van der Waals surface area contributed by atoms with E-state index in [1.807, 2.05) is 0 Å². The maximum absolute atomic E-state index is 12.3. The first-order valence-electron chi connectivity index (χ1n) is 8.65. The number of carbonyl (C=O) groups is 1. The van der Waals surface area contributed by atoms with E-state index in [1.54, 1.807) is 0 Å². The van der Waals surface area contributed by atoms with Crippen LogP contribution in [0.1, 0.15) is 58.3 Å². The highest BCUT2D eigenvalue weighted by Gasteiger charge is 2.46. The lowest BCUT2D eigenvalue weighted by Gasteiger charge is -2.31. The summed E-state index contributed by atoms with van der Waals surface area (Å²) in [6.07, 6.45) is 9.49. The molecule has 2 aliphatic carbocycles. The Balaban J connectivity index is 1.92. The summed E-state index contributed by atoms with van der Waals surface area (Å²) >= 11 is 0. The molecule has 0 radical (unpaired) electrons. The molecule has 2 saturated carbocycles. The summed E-state index contributed by atoms with van der Waals surface area (Å²) in [5, 5.41) is 3.47. The molecule has 0 amide bonds. The average Bonchev–Trinajstić information content (AvgIpc) is 3.14. The summed E-state index contributed by atoms with van der Waals surface area (Å²) in [5.74, 6) is 0.791. The second kappa shape index (κ2) is 7.59. The minimum atomic E-state index is -0.445. The van der Waals surface area contributed by atoms with Crippen LogP contribution in [0.2, 0.25) is 0 Å². The lowest BCUT2D eigenvalue weighted by atomic mass is 9.96. The second-order valence-electron chi connectivity index (χ2n) is 6.99. The Labute approximate surface area is 129 Å². The zero-order valence-electron chi connectivity index (χ0n) is 14.0. The van der Waals surface area contributed by atoms with Crippen molar-refractivity contribution in [1.29, 1.82) is 0 Å². The molecular weight excluding hydrogens is 264 g/mol. The van der Waals surface area contributed by atoms with Crippen LogP contribution in [-0.2, 0) is 9.53 Å². The van der Waals surface area contributed by atoms with Crippen molar-refractivity contribution in [1.82, 2.24) is 10.2 Å². The van der Waals surface area contributed by atoms with Crippen LogP contribution in [0.4, 0.5) is 0 Å². The van der Waals surface area contributed by atoms with Crippen molar-refractivity contribution in [2.45, 2.75) is 69.9 Å². The minimum absolute atomic E-state index is 0.0762. The van der Waals surface area contributed by atoms with Gasteiger partial charge in [0.15, 0.2) is 0 Å². The monoisotopic (exact) mass is 296 g/mol. The SMILES string of the molecule is CCCNC1(C(=O)OC)CCC(N(C)CC2CCCC2)C1. The molecule has 0 saturated heterocycles. The van der Waals surface area contributed by atoms with Crippen LogP contribution < -0.4 is 5.32 Å². The van der Waals surface area contributed by atoms with Crippen LogP contribution in [-0.4, -0.2) is 49.7 Å². The van der Waals surface area contributed by atoms with Crippen LogP contribution in [0.3, 0.4) is 0 Å². The van der Waals surface area contributed by atoms with Gasteiger partial charge in [-0.25, -0.2) is 0 Å². The van der Waals surface area contributed by atoms with Gasteiger partial charge in [-0.2, -0.15) is 0 Å². The summed E-state index contributed by atoms with van der Waals surface area (Å²) in [6, 6.07) is 0.508. The molecule has 2 rings (SSSR count). The third-order valence-electron chi connectivity index (χ3n) is 5.42. The number of esters is 1. The van der Waals surface area contributed by atoms with E-state index < -0.39 is 5.54 Å². The highest BCUT2D eigenvalue weighted by atomic mass is 16.5. The summed E-state index contributed by atoms with van der Waals surface area (Å²) in [7, 11) is 3.74. The Morgan fingerprint density at radius 2 is 2.05 bits per heavy atom. The molecule has 0 heterocycles. The van der Waals surface area contributed by atoms with Gasteiger partial charge in [0, 0.05) is 12.6 Å². The standard InChI is InChI=1S/C17H32N2O2/c1-4-11-18-17(16(20)21-3)10-9-15(12-17)19(2)13-14-7-5-6-8-14/h14-15,18H,4-13H2,1-3H3.